The van der Waals surface area contributed by atoms with Crippen LogP contribution in [0.3, 0.4) is 0 Å². The molecular weight excluding hydrogens is 454 g/mol. The lowest BCUT2D eigenvalue weighted by molar-refractivity contribution is -0.139. The normalized spacial score (nSPS) is 21.3. The number of rotatable bonds is 5. The number of hydrogen-bond donors (Lipinski definition) is 1. The topological polar surface area (TPSA) is 73.9 Å². The first-order chi connectivity index (χ1) is 16.5. The van der Waals surface area contributed by atoms with Crippen molar-refractivity contribution in [3.8, 4) is 11.5 Å². The molecule has 0 spiro atoms. The summed E-state index contributed by atoms with van der Waals surface area (Å²) >= 11 is 6.06. The summed E-state index contributed by atoms with van der Waals surface area (Å²) in [6.07, 6.45) is 1.74. The van der Waals surface area contributed by atoms with Crippen LogP contribution in [-0.2, 0) is 14.3 Å². The van der Waals surface area contributed by atoms with Gasteiger partial charge in [0, 0.05) is 34.3 Å². The Morgan fingerprint density at radius 2 is 1.82 bits per heavy atom. The summed E-state index contributed by atoms with van der Waals surface area (Å²) in [7, 11) is 0. The van der Waals surface area contributed by atoms with E-state index in [1.165, 1.54) is 0 Å². The van der Waals surface area contributed by atoms with E-state index in [0.29, 0.717) is 52.8 Å². The van der Waals surface area contributed by atoms with E-state index in [-0.39, 0.29) is 18.5 Å². The van der Waals surface area contributed by atoms with Crippen molar-refractivity contribution in [1.29, 1.82) is 0 Å². The van der Waals surface area contributed by atoms with Crippen LogP contribution in [0.15, 0.2) is 65.0 Å². The molecule has 2 aliphatic heterocycles. The molecule has 1 N–H and O–H groups in total. The molecule has 7 heteroatoms. The Kier molecular flexibility index (Phi) is 6.09. The Balaban J connectivity index is 1.57. The van der Waals surface area contributed by atoms with E-state index in [0.717, 1.165) is 23.2 Å². The molecule has 0 amide bonds. The highest BCUT2D eigenvalue weighted by Gasteiger charge is 2.41. The highest BCUT2D eigenvalue weighted by Crippen LogP contribution is 2.47. The predicted octanol–water partition coefficient (Wildman–Crippen LogP) is 5.38. The quantitative estimate of drug-likeness (QED) is 0.580. The maximum absolute atomic E-state index is 13.6. The van der Waals surface area contributed by atoms with E-state index in [4.69, 9.17) is 25.8 Å². The number of ether oxygens (including phenoxy) is 3. The monoisotopic (exact) mass is 479 g/mol. The number of hydrogen-bond acceptors (Lipinski definition) is 6. The van der Waals surface area contributed by atoms with Crippen molar-refractivity contribution in [1.82, 2.24) is 5.32 Å². The first kappa shape index (κ1) is 22.5. The fourth-order valence-electron chi connectivity index (χ4n) is 4.98. The number of dihydropyridines is 1. The van der Waals surface area contributed by atoms with Gasteiger partial charge in [0.05, 0.1) is 12.2 Å². The Bertz CT molecular complexity index is 1210. The third-order valence-corrected chi connectivity index (χ3v) is 6.81. The molecule has 34 heavy (non-hydrogen) atoms. The molecule has 2 aromatic carbocycles. The molecule has 176 valence electrons. The van der Waals surface area contributed by atoms with Crippen molar-refractivity contribution in [2.45, 2.75) is 44.9 Å². The van der Waals surface area contributed by atoms with Gasteiger partial charge >= 0.3 is 5.97 Å². The first-order valence-corrected chi connectivity index (χ1v) is 11.9. The third kappa shape index (κ3) is 4.07. The summed E-state index contributed by atoms with van der Waals surface area (Å²) in [6.45, 7) is 4.29. The zero-order chi connectivity index (χ0) is 23.8. The second-order valence-electron chi connectivity index (χ2n) is 8.82. The number of Topliss-reactive ketones (excluding diaryl/α,β-unsaturated/α-hetero) is 1. The van der Waals surface area contributed by atoms with Crippen molar-refractivity contribution >= 4 is 23.4 Å². The molecule has 1 aliphatic carbocycles. The van der Waals surface area contributed by atoms with Gasteiger partial charge in [-0.15, -0.1) is 0 Å². The Morgan fingerprint density at radius 3 is 2.59 bits per heavy atom. The minimum Gasteiger partial charge on any atom is -0.462 e. The van der Waals surface area contributed by atoms with E-state index < -0.39 is 11.9 Å². The number of carbonyl (C=O) groups excluding carboxylic acids is 2. The molecule has 2 heterocycles. The van der Waals surface area contributed by atoms with E-state index >= 15 is 0 Å². The molecule has 0 saturated heterocycles. The van der Waals surface area contributed by atoms with Crippen LogP contribution in [0, 0.1) is 0 Å². The third-order valence-electron chi connectivity index (χ3n) is 6.56. The van der Waals surface area contributed by atoms with Gasteiger partial charge in [0.1, 0.15) is 0 Å². The van der Waals surface area contributed by atoms with Crippen molar-refractivity contribution in [2.75, 3.05) is 13.4 Å². The smallest absolute Gasteiger partial charge is 0.336 e. The van der Waals surface area contributed by atoms with Gasteiger partial charge in [-0.2, -0.15) is 0 Å². The fraction of sp³-hybridized carbons (Fsp3) is 0.333. The van der Waals surface area contributed by atoms with Gasteiger partial charge in [0.2, 0.25) is 6.79 Å². The van der Waals surface area contributed by atoms with Crippen LogP contribution in [0.5, 0.6) is 11.5 Å². The highest BCUT2D eigenvalue weighted by atomic mass is 35.5. The maximum Gasteiger partial charge on any atom is 0.336 e. The number of ketones is 1. The van der Waals surface area contributed by atoms with Crippen LogP contribution in [-0.4, -0.2) is 25.2 Å². The number of allylic oxidation sites excluding steroid dienone is 3. The Labute approximate surface area is 203 Å². The molecule has 0 radical (unpaired) electrons. The minimum atomic E-state index is -0.534. The summed E-state index contributed by atoms with van der Waals surface area (Å²) in [5.74, 6) is 0.377. The summed E-state index contributed by atoms with van der Waals surface area (Å²) in [4.78, 5) is 26.8. The molecule has 0 aromatic heterocycles. The van der Waals surface area contributed by atoms with Crippen molar-refractivity contribution < 1.29 is 23.8 Å². The lowest BCUT2D eigenvalue weighted by Gasteiger charge is -2.36. The lowest BCUT2D eigenvalue weighted by Crippen LogP contribution is -2.36. The fourth-order valence-corrected chi connectivity index (χ4v) is 5.10. The van der Waals surface area contributed by atoms with Crippen molar-refractivity contribution in [3.05, 3.63) is 81.2 Å². The van der Waals surface area contributed by atoms with Crippen LogP contribution in [0.4, 0.5) is 0 Å². The molecule has 0 bridgehead atoms. The summed E-state index contributed by atoms with van der Waals surface area (Å²) in [5.41, 5.74) is 4.51. The maximum atomic E-state index is 13.6. The molecule has 2 aromatic rings. The van der Waals surface area contributed by atoms with Crippen LogP contribution < -0.4 is 14.8 Å². The standard InChI is InChI=1S/C27H26ClNO5/c1-3-10-32-27(31)24-15(2)29-20-11-18(16-4-7-19(28)8-5-16)12-21(30)26(20)25(24)17-6-9-22-23(13-17)34-14-33-22/h4-9,13,18,25,29H,3,10-12,14H2,1-2H3/t18-,25+/m1/s1. The second-order valence-corrected chi connectivity index (χ2v) is 9.25. The lowest BCUT2D eigenvalue weighted by atomic mass is 9.71. The van der Waals surface area contributed by atoms with Gasteiger partial charge in [-0.3, -0.25) is 4.79 Å². The second kappa shape index (κ2) is 9.18. The number of benzene rings is 2. The zero-order valence-corrected chi connectivity index (χ0v) is 19.9. The van der Waals surface area contributed by atoms with E-state index in [1.807, 2.05) is 56.3 Å². The number of fused-ring (bicyclic) bond motifs is 1. The van der Waals surface area contributed by atoms with Gasteiger partial charge in [-0.1, -0.05) is 36.7 Å². The summed E-state index contributed by atoms with van der Waals surface area (Å²) in [5, 5.41) is 4.04. The molecule has 2 atom stereocenters. The summed E-state index contributed by atoms with van der Waals surface area (Å²) < 4.78 is 16.6. The minimum absolute atomic E-state index is 0.0182. The predicted molar refractivity (Wildman–Crippen MR) is 128 cm³/mol. The van der Waals surface area contributed by atoms with Crippen LogP contribution >= 0.6 is 11.6 Å². The van der Waals surface area contributed by atoms with Gasteiger partial charge < -0.3 is 19.5 Å². The van der Waals surface area contributed by atoms with Crippen LogP contribution in [0.25, 0.3) is 0 Å². The van der Waals surface area contributed by atoms with Gasteiger partial charge in [-0.05, 0) is 61.1 Å². The average Bonchev–Trinajstić information content (AvgIpc) is 3.30. The molecule has 0 unspecified atom stereocenters. The number of halogens is 1. The van der Waals surface area contributed by atoms with E-state index in [1.54, 1.807) is 0 Å². The van der Waals surface area contributed by atoms with Crippen molar-refractivity contribution in [2.24, 2.45) is 0 Å². The molecule has 0 saturated carbocycles. The van der Waals surface area contributed by atoms with Gasteiger partial charge in [0.15, 0.2) is 17.3 Å². The summed E-state index contributed by atoms with van der Waals surface area (Å²) in [6, 6.07) is 13.2. The number of carbonyl (C=O) groups is 2. The van der Waals surface area contributed by atoms with E-state index in [9.17, 15) is 9.59 Å². The first-order valence-electron chi connectivity index (χ1n) is 11.5. The molecule has 6 nitrogen and oxygen atoms in total. The Morgan fingerprint density at radius 1 is 1.09 bits per heavy atom. The van der Waals surface area contributed by atoms with E-state index in [2.05, 4.69) is 5.32 Å². The molecule has 3 aliphatic rings. The molecular formula is C27H26ClNO5. The Hall–Kier alpha value is -3.25. The van der Waals surface area contributed by atoms with Gasteiger partial charge in [-0.25, -0.2) is 4.79 Å². The molecule has 5 rings (SSSR count). The van der Waals surface area contributed by atoms with Crippen LogP contribution in [0.1, 0.15) is 56.1 Å². The SMILES string of the molecule is CCCOC(=O)C1=C(C)NC2=C(C(=O)C[C@H](c3ccc(Cl)cc3)C2)[C@H]1c1ccc2c(c1)OCO2. The molecule has 0 fully saturated rings. The van der Waals surface area contributed by atoms with Gasteiger partial charge in [0.25, 0.3) is 0 Å². The van der Waals surface area contributed by atoms with Crippen molar-refractivity contribution in [3.63, 3.8) is 0 Å². The number of esters is 1. The average molecular weight is 480 g/mol. The largest absolute Gasteiger partial charge is 0.462 e. The highest BCUT2D eigenvalue weighted by molar-refractivity contribution is 6.30. The van der Waals surface area contributed by atoms with Crippen LogP contribution in [0.2, 0.25) is 5.02 Å². The number of nitrogens with one attached hydrogen (secondary N) is 1. The zero-order valence-electron chi connectivity index (χ0n) is 19.2.